The molecule has 0 fully saturated rings. The Labute approximate surface area is 144 Å². The second-order valence-corrected chi connectivity index (χ2v) is 6.39. The largest absolute Gasteiger partial charge is 0.465 e. The number of carboxylic acid groups (broad SMARTS) is 1. The van der Waals surface area contributed by atoms with Crippen LogP contribution < -0.4 is 5.73 Å². The van der Waals surface area contributed by atoms with Crippen LogP contribution in [0, 0.1) is 0 Å². The summed E-state index contributed by atoms with van der Waals surface area (Å²) in [6.07, 6.45) is 2.52. The summed E-state index contributed by atoms with van der Waals surface area (Å²) < 4.78 is 0. The molecule has 1 heterocycles. The molecule has 24 heavy (non-hydrogen) atoms. The van der Waals surface area contributed by atoms with Crippen molar-refractivity contribution in [3.63, 3.8) is 0 Å². The first-order valence-electron chi connectivity index (χ1n) is 7.79. The van der Waals surface area contributed by atoms with E-state index < -0.39 is 12.1 Å². The number of hydrogen-bond donors (Lipinski definition) is 2. The zero-order valence-electron chi connectivity index (χ0n) is 13.3. The molecule has 0 unspecified atom stereocenters. The molecule has 7 heteroatoms. The van der Waals surface area contributed by atoms with Gasteiger partial charge in [-0.05, 0) is 24.8 Å². The van der Waals surface area contributed by atoms with E-state index in [1.165, 1.54) is 16.2 Å². The average Bonchev–Trinajstić information content (AvgIpc) is 3.12. The lowest BCUT2D eigenvalue weighted by Gasteiger charge is -2.19. The Morgan fingerprint density at radius 3 is 2.62 bits per heavy atom. The molecule has 0 aliphatic heterocycles. The highest BCUT2D eigenvalue weighted by Gasteiger charge is 2.18. The van der Waals surface area contributed by atoms with Gasteiger partial charge in [0.15, 0.2) is 5.01 Å². The zero-order chi connectivity index (χ0) is 17.4. The fourth-order valence-corrected chi connectivity index (χ4v) is 2.99. The van der Waals surface area contributed by atoms with Crippen molar-refractivity contribution in [1.29, 1.82) is 0 Å². The normalized spacial score (nSPS) is 11.9. The topological polar surface area (TPSA) is 96.5 Å². The Hall–Kier alpha value is -2.25. The molecule has 1 aromatic heterocycles. The minimum Gasteiger partial charge on any atom is -0.465 e. The maximum atomic E-state index is 12.0. The highest BCUT2D eigenvalue weighted by Crippen LogP contribution is 2.11. The van der Waals surface area contributed by atoms with Gasteiger partial charge in [0.2, 0.25) is 5.78 Å². The summed E-state index contributed by atoms with van der Waals surface area (Å²) in [7, 11) is 0. The molecular formula is C17H21N3O3S. The van der Waals surface area contributed by atoms with Gasteiger partial charge in [-0.2, -0.15) is 0 Å². The van der Waals surface area contributed by atoms with Crippen molar-refractivity contribution in [2.75, 3.05) is 6.54 Å². The van der Waals surface area contributed by atoms with E-state index in [2.05, 4.69) is 4.98 Å². The van der Waals surface area contributed by atoms with Gasteiger partial charge >= 0.3 is 6.09 Å². The number of ketones is 1. The first-order valence-corrected chi connectivity index (χ1v) is 8.67. The van der Waals surface area contributed by atoms with E-state index in [-0.39, 0.29) is 5.78 Å². The maximum absolute atomic E-state index is 12.0. The molecule has 0 radical (unpaired) electrons. The van der Waals surface area contributed by atoms with Gasteiger partial charge in [-0.1, -0.05) is 30.3 Å². The Kier molecular flexibility index (Phi) is 6.89. The minimum atomic E-state index is -0.943. The fraction of sp³-hybridized carbons (Fsp3) is 0.353. The number of aromatic nitrogens is 1. The van der Waals surface area contributed by atoms with E-state index >= 15 is 0 Å². The highest BCUT2D eigenvalue weighted by atomic mass is 32.1. The van der Waals surface area contributed by atoms with E-state index in [0.717, 1.165) is 5.56 Å². The molecular weight excluding hydrogens is 326 g/mol. The van der Waals surface area contributed by atoms with Crippen LogP contribution >= 0.6 is 11.3 Å². The summed E-state index contributed by atoms with van der Waals surface area (Å²) >= 11 is 1.28. The van der Waals surface area contributed by atoms with Crippen LogP contribution in [-0.2, 0) is 6.54 Å². The molecule has 2 aromatic rings. The number of amides is 1. The predicted octanol–water partition coefficient (Wildman–Crippen LogP) is 3.00. The molecule has 0 aliphatic rings. The van der Waals surface area contributed by atoms with Gasteiger partial charge in [0.05, 0.1) is 6.04 Å². The second-order valence-electron chi connectivity index (χ2n) is 5.49. The highest BCUT2D eigenvalue weighted by molar-refractivity contribution is 7.11. The number of carbonyl (C=O) groups is 2. The molecule has 0 aliphatic carbocycles. The van der Waals surface area contributed by atoms with Crippen molar-refractivity contribution in [3.05, 3.63) is 52.5 Å². The lowest BCUT2D eigenvalue weighted by molar-refractivity contribution is 0.0954. The fourth-order valence-electron chi connectivity index (χ4n) is 2.35. The van der Waals surface area contributed by atoms with Crippen LogP contribution in [0.15, 0.2) is 41.9 Å². The van der Waals surface area contributed by atoms with Gasteiger partial charge in [0, 0.05) is 24.7 Å². The monoisotopic (exact) mass is 347 g/mol. The lowest BCUT2D eigenvalue weighted by atomic mass is 10.1. The zero-order valence-corrected chi connectivity index (χ0v) is 14.1. The van der Waals surface area contributed by atoms with Crippen LogP contribution in [0.1, 0.15) is 34.6 Å². The number of unbranched alkanes of at least 4 members (excludes halogenated alkanes) is 1. The van der Waals surface area contributed by atoms with Gasteiger partial charge in [0.1, 0.15) is 0 Å². The summed E-state index contributed by atoms with van der Waals surface area (Å²) in [6, 6.07) is 8.90. The lowest BCUT2D eigenvalue weighted by Crippen LogP contribution is -2.32. The molecule has 3 N–H and O–H groups in total. The number of rotatable bonds is 9. The molecule has 0 bridgehead atoms. The first kappa shape index (κ1) is 18.1. The molecule has 1 atom stereocenters. The van der Waals surface area contributed by atoms with E-state index in [1.54, 1.807) is 11.6 Å². The van der Waals surface area contributed by atoms with E-state index in [1.807, 2.05) is 30.3 Å². The number of hydrogen-bond acceptors (Lipinski definition) is 5. The van der Waals surface area contributed by atoms with Crippen molar-refractivity contribution in [2.45, 2.75) is 31.8 Å². The van der Waals surface area contributed by atoms with E-state index in [0.29, 0.717) is 37.4 Å². The van der Waals surface area contributed by atoms with Crippen molar-refractivity contribution < 1.29 is 14.7 Å². The average molecular weight is 347 g/mol. The standard InChI is InChI=1S/C17H21N3O3S/c18-14(15(21)16-19-9-11-24-16)8-4-5-10-20(17(22)23)12-13-6-2-1-3-7-13/h1-3,6-7,9,11,14H,4-5,8,10,12,18H2,(H,22,23)/t14-/m0/s1. The van der Waals surface area contributed by atoms with Crippen LogP contribution in [0.25, 0.3) is 0 Å². The molecule has 0 spiro atoms. The second kappa shape index (κ2) is 9.14. The van der Waals surface area contributed by atoms with Gasteiger partial charge in [0.25, 0.3) is 0 Å². The summed E-state index contributed by atoms with van der Waals surface area (Å²) in [5, 5.41) is 11.5. The summed E-state index contributed by atoms with van der Waals surface area (Å²) in [5.74, 6) is -0.149. The van der Waals surface area contributed by atoms with Crippen LogP contribution in [0.4, 0.5) is 4.79 Å². The summed E-state index contributed by atoms with van der Waals surface area (Å²) in [4.78, 5) is 28.7. The van der Waals surface area contributed by atoms with Crippen molar-refractivity contribution >= 4 is 23.2 Å². The molecule has 0 saturated carbocycles. The minimum absolute atomic E-state index is 0.149. The number of nitrogens with two attached hydrogens (primary N) is 1. The molecule has 6 nitrogen and oxygen atoms in total. The van der Waals surface area contributed by atoms with E-state index in [9.17, 15) is 14.7 Å². The van der Waals surface area contributed by atoms with Crippen LogP contribution in [0.3, 0.4) is 0 Å². The number of carbonyl (C=O) groups excluding carboxylic acids is 1. The Morgan fingerprint density at radius 1 is 1.25 bits per heavy atom. The molecule has 1 amide bonds. The van der Waals surface area contributed by atoms with Gasteiger partial charge < -0.3 is 15.7 Å². The van der Waals surface area contributed by atoms with Crippen molar-refractivity contribution in [1.82, 2.24) is 9.88 Å². The molecule has 128 valence electrons. The third-order valence-electron chi connectivity index (χ3n) is 3.66. The summed E-state index contributed by atoms with van der Waals surface area (Å²) in [5.41, 5.74) is 6.85. The SMILES string of the molecule is N[C@@H](CCCCN(Cc1ccccc1)C(=O)O)C(=O)c1nccs1. The quantitative estimate of drug-likeness (QED) is 0.537. The molecule has 0 saturated heterocycles. The van der Waals surface area contributed by atoms with Gasteiger partial charge in [-0.15, -0.1) is 11.3 Å². The van der Waals surface area contributed by atoms with E-state index in [4.69, 9.17) is 5.73 Å². The number of Topliss-reactive ketones (excluding diaryl/α,β-unsaturated/α-hetero) is 1. The van der Waals surface area contributed by atoms with Crippen molar-refractivity contribution in [3.8, 4) is 0 Å². The summed E-state index contributed by atoms with van der Waals surface area (Å²) in [6.45, 7) is 0.780. The van der Waals surface area contributed by atoms with Gasteiger partial charge in [-0.3, -0.25) is 4.79 Å². The number of benzene rings is 1. The smallest absolute Gasteiger partial charge is 0.407 e. The number of nitrogens with zero attached hydrogens (tertiary/aromatic N) is 2. The first-order chi connectivity index (χ1) is 11.6. The molecule has 1 aromatic carbocycles. The Morgan fingerprint density at radius 2 is 2.00 bits per heavy atom. The van der Waals surface area contributed by atoms with Gasteiger partial charge in [-0.25, -0.2) is 9.78 Å². The number of thiazole rings is 1. The van der Waals surface area contributed by atoms with Crippen LogP contribution in [-0.4, -0.2) is 39.5 Å². The van der Waals surface area contributed by atoms with Crippen LogP contribution in [0.2, 0.25) is 0 Å². The maximum Gasteiger partial charge on any atom is 0.407 e. The molecule has 2 rings (SSSR count). The third-order valence-corrected chi connectivity index (χ3v) is 4.45. The van der Waals surface area contributed by atoms with Crippen LogP contribution in [0.5, 0.6) is 0 Å². The Bertz CT molecular complexity index is 646. The van der Waals surface area contributed by atoms with Crippen molar-refractivity contribution in [2.24, 2.45) is 5.73 Å². The predicted molar refractivity (Wildman–Crippen MR) is 93.1 cm³/mol. The Balaban J connectivity index is 1.74. The third kappa shape index (κ3) is 5.43.